The van der Waals surface area contributed by atoms with Gasteiger partial charge in [-0.25, -0.2) is 0 Å². The van der Waals surface area contributed by atoms with Crippen molar-refractivity contribution in [1.29, 1.82) is 0 Å². The van der Waals surface area contributed by atoms with Gasteiger partial charge in [0.2, 0.25) is 6.21 Å². The molecule has 0 spiro atoms. The molecule has 0 aliphatic rings. The highest BCUT2D eigenvalue weighted by atomic mass is 16.6. The molecule has 0 atom stereocenters. The van der Waals surface area contributed by atoms with Crippen LogP contribution in [-0.2, 0) is 0 Å². The third-order valence-corrected chi connectivity index (χ3v) is 1.46. The molecule has 0 saturated carbocycles. The summed E-state index contributed by atoms with van der Waals surface area (Å²) in [4.78, 5) is 10.00. The Morgan fingerprint density at radius 2 is 2.08 bits per heavy atom. The fraction of sp³-hybridized carbons (Fsp3) is 0.125. The molecule has 0 aromatic heterocycles. The van der Waals surface area contributed by atoms with Crippen LogP contribution >= 0.6 is 0 Å². The summed E-state index contributed by atoms with van der Waals surface area (Å²) in [5.74, 6) is 0. The smallest absolute Gasteiger partial charge is 0.282 e. The minimum absolute atomic E-state index is 0.0246. The van der Waals surface area contributed by atoms with Crippen LogP contribution in [-0.4, -0.2) is 28.1 Å². The summed E-state index contributed by atoms with van der Waals surface area (Å²) in [6.07, 6.45) is 1.28. The van der Waals surface area contributed by atoms with E-state index in [-0.39, 0.29) is 5.69 Å². The molecule has 0 radical (unpaired) electrons. The van der Waals surface area contributed by atoms with Crippen molar-refractivity contribution in [3.05, 3.63) is 39.9 Å². The Morgan fingerprint density at radius 1 is 1.46 bits per heavy atom. The van der Waals surface area contributed by atoms with Crippen molar-refractivity contribution in [2.75, 3.05) is 7.05 Å². The van der Waals surface area contributed by atoms with Gasteiger partial charge in [0.15, 0.2) is 7.05 Å². The van der Waals surface area contributed by atoms with Crippen molar-refractivity contribution >= 4 is 11.9 Å². The maximum Gasteiger partial charge on any atom is 0.282 e. The number of rotatable bonds is 2. The molecule has 0 saturated heterocycles. The van der Waals surface area contributed by atoms with E-state index in [1.54, 1.807) is 18.2 Å². The number of para-hydroxylation sites is 1. The van der Waals surface area contributed by atoms with E-state index in [0.29, 0.717) is 5.56 Å². The van der Waals surface area contributed by atoms with Gasteiger partial charge in [-0.15, -0.1) is 0 Å². The third-order valence-electron chi connectivity index (χ3n) is 1.46. The standard InChI is InChI=1S/C8H9N2O3/c1-9(11)6-7-4-2-3-5-8(7)10(12)13/h2-6,11H,1H3/q+1. The molecule has 5 heteroatoms. The van der Waals surface area contributed by atoms with Gasteiger partial charge in [-0.05, 0) is 10.8 Å². The zero-order valence-corrected chi connectivity index (χ0v) is 7.04. The van der Waals surface area contributed by atoms with Crippen LogP contribution in [0.5, 0.6) is 0 Å². The Bertz CT molecular complexity index is 356. The second kappa shape index (κ2) is 3.66. The van der Waals surface area contributed by atoms with Gasteiger partial charge in [0.05, 0.1) is 4.92 Å². The molecule has 0 amide bonds. The predicted molar refractivity (Wildman–Crippen MR) is 46.2 cm³/mol. The first-order chi connectivity index (χ1) is 6.11. The van der Waals surface area contributed by atoms with E-state index in [0.717, 1.165) is 4.74 Å². The van der Waals surface area contributed by atoms with Gasteiger partial charge in [0.25, 0.3) is 5.69 Å². The molecule has 0 aliphatic heterocycles. The SMILES string of the molecule is C[N+](O)=Cc1ccccc1[N+](=O)[O-]. The maximum absolute atomic E-state index is 10.5. The van der Waals surface area contributed by atoms with E-state index in [4.69, 9.17) is 5.21 Å². The molecule has 0 aliphatic carbocycles. The number of nitro benzene ring substituents is 1. The highest BCUT2D eigenvalue weighted by Crippen LogP contribution is 2.14. The molecule has 68 valence electrons. The molecule has 1 N–H and O–H groups in total. The monoisotopic (exact) mass is 181 g/mol. The summed E-state index contributed by atoms with van der Waals surface area (Å²) >= 11 is 0. The van der Waals surface area contributed by atoms with Gasteiger partial charge in [-0.2, -0.15) is 0 Å². The normalized spacial score (nSPS) is 11.3. The van der Waals surface area contributed by atoms with Gasteiger partial charge in [0, 0.05) is 6.07 Å². The van der Waals surface area contributed by atoms with E-state index in [1.165, 1.54) is 19.3 Å². The maximum atomic E-state index is 10.5. The second-order valence-electron chi connectivity index (χ2n) is 2.52. The molecule has 5 nitrogen and oxygen atoms in total. The number of hydroxylamine groups is 1. The average molecular weight is 181 g/mol. The Morgan fingerprint density at radius 3 is 2.62 bits per heavy atom. The van der Waals surface area contributed by atoms with Crippen molar-refractivity contribution in [3.8, 4) is 0 Å². The summed E-state index contributed by atoms with van der Waals surface area (Å²) in [6, 6.07) is 6.19. The second-order valence-corrected chi connectivity index (χ2v) is 2.52. The molecule has 0 heterocycles. The lowest BCUT2D eigenvalue weighted by atomic mass is 10.2. The lowest BCUT2D eigenvalue weighted by Gasteiger charge is -1.92. The predicted octanol–water partition coefficient (Wildman–Crippen LogP) is 1.05. The minimum Gasteiger partial charge on any atom is -0.291 e. The van der Waals surface area contributed by atoms with E-state index >= 15 is 0 Å². The van der Waals surface area contributed by atoms with Crippen molar-refractivity contribution in [3.63, 3.8) is 0 Å². The summed E-state index contributed by atoms with van der Waals surface area (Å²) in [7, 11) is 1.39. The quantitative estimate of drug-likeness (QED) is 0.244. The number of nitro groups is 1. The lowest BCUT2D eigenvalue weighted by molar-refractivity contribution is -0.751. The highest BCUT2D eigenvalue weighted by molar-refractivity contribution is 5.81. The van der Waals surface area contributed by atoms with E-state index in [9.17, 15) is 10.1 Å². The van der Waals surface area contributed by atoms with Crippen LogP contribution in [0.2, 0.25) is 0 Å². The van der Waals surface area contributed by atoms with Crippen LogP contribution < -0.4 is 0 Å². The number of benzene rings is 1. The molecule has 1 aromatic carbocycles. The molecule has 0 unspecified atom stereocenters. The highest BCUT2D eigenvalue weighted by Gasteiger charge is 2.13. The van der Waals surface area contributed by atoms with Crippen molar-refractivity contribution in [2.24, 2.45) is 0 Å². The zero-order valence-electron chi connectivity index (χ0n) is 7.04. The Labute approximate surface area is 74.7 Å². The number of hydrogen-bond acceptors (Lipinski definition) is 3. The third kappa shape index (κ3) is 2.26. The van der Waals surface area contributed by atoms with Gasteiger partial charge in [-0.3, -0.25) is 15.3 Å². The minimum atomic E-state index is -0.491. The van der Waals surface area contributed by atoms with Crippen LogP contribution in [0.1, 0.15) is 5.56 Å². The summed E-state index contributed by atoms with van der Waals surface area (Å²) < 4.78 is 0.780. The van der Waals surface area contributed by atoms with Crippen molar-refractivity contribution in [1.82, 2.24) is 0 Å². The average Bonchev–Trinajstić information content (AvgIpc) is 2.03. The van der Waals surface area contributed by atoms with E-state index in [2.05, 4.69) is 0 Å². The molecule has 13 heavy (non-hydrogen) atoms. The molecule has 1 aromatic rings. The molecule has 1 rings (SSSR count). The fourth-order valence-corrected chi connectivity index (χ4v) is 0.964. The molecular weight excluding hydrogens is 172 g/mol. The van der Waals surface area contributed by atoms with Crippen LogP contribution in [0.4, 0.5) is 5.69 Å². The first-order valence-corrected chi connectivity index (χ1v) is 3.61. The first kappa shape index (κ1) is 9.18. The number of hydrogen-bond donors (Lipinski definition) is 1. The van der Waals surface area contributed by atoms with Crippen LogP contribution in [0.25, 0.3) is 0 Å². The topological polar surface area (TPSA) is 66.4 Å². The molecule has 0 fully saturated rings. The fourth-order valence-electron chi connectivity index (χ4n) is 0.964. The first-order valence-electron chi connectivity index (χ1n) is 3.61. The Hall–Kier alpha value is -1.91. The van der Waals surface area contributed by atoms with Gasteiger partial charge >= 0.3 is 0 Å². The van der Waals surface area contributed by atoms with Crippen LogP contribution in [0.3, 0.4) is 0 Å². The Kier molecular flexibility index (Phi) is 2.59. The lowest BCUT2D eigenvalue weighted by Crippen LogP contribution is -2.03. The number of nitrogens with zero attached hydrogens (tertiary/aromatic N) is 2. The summed E-state index contributed by atoms with van der Waals surface area (Å²) in [6.45, 7) is 0. The molecular formula is C8H9N2O3+. The van der Waals surface area contributed by atoms with E-state index < -0.39 is 4.92 Å². The van der Waals surface area contributed by atoms with Gasteiger partial charge in [-0.1, -0.05) is 12.1 Å². The van der Waals surface area contributed by atoms with Crippen molar-refractivity contribution in [2.45, 2.75) is 0 Å². The molecule has 0 bridgehead atoms. The van der Waals surface area contributed by atoms with Gasteiger partial charge in [0.1, 0.15) is 5.56 Å². The van der Waals surface area contributed by atoms with E-state index in [1.807, 2.05) is 0 Å². The van der Waals surface area contributed by atoms with Crippen molar-refractivity contribution < 1.29 is 14.9 Å². The summed E-state index contributed by atoms with van der Waals surface area (Å²) in [5.41, 5.74) is 0.348. The summed E-state index contributed by atoms with van der Waals surface area (Å²) in [5, 5.41) is 19.4. The van der Waals surface area contributed by atoms with Crippen LogP contribution in [0, 0.1) is 10.1 Å². The zero-order chi connectivity index (χ0) is 9.84. The van der Waals surface area contributed by atoms with Gasteiger partial charge < -0.3 is 0 Å². The Balaban J connectivity index is 3.20. The largest absolute Gasteiger partial charge is 0.291 e. The van der Waals surface area contributed by atoms with Crippen LogP contribution in [0.15, 0.2) is 24.3 Å².